The summed E-state index contributed by atoms with van der Waals surface area (Å²) in [5.74, 6) is -0.208. The Labute approximate surface area is 151 Å². The van der Waals surface area contributed by atoms with E-state index in [0.717, 1.165) is 37.1 Å². The fourth-order valence-corrected chi connectivity index (χ4v) is 3.54. The van der Waals surface area contributed by atoms with Crippen molar-refractivity contribution in [3.8, 4) is 0 Å². The van der Waals surface area contributed by atoms with E-state index in [4.69, 9.17) is 0 Å². The van der Waals surface area contributed by atoms with E-state index in [1.54, 1.807) is 11.0 Å². The van der Waals surface area contributed by atoms with E-state index in [-0.39, 0.29) is 17.8 Å². The van der Waals surface area contributed by atoms with E-state index in [2.05, 4.69) is 5.32 Å². The molecule has 1 N–H and O–H groups in total. The number of nitrogens with one attached hydrogen (secondary N) is 1. The molecule has 2 aliphatic heterocycles. The first kappa shape index (κ1) is 16.6. The van der Waals surface area contributed by atoms with Gasteiger partial charge in [0.1, 0.15) is 5.82 Å². The van der Waals surface area contributed by atoms with Gasteiger partial charge in [-0.3, -0.25) is 9.69 Å². The number of amides is 3. The molecule has 0 atom stereocenters. The Balaban J connectivity index is 1.54. The third-order valence-corrected chi connectivity index (χ3v) is 4.92. The summed E-state index contributed by atoms with van der Waals surface area (Å²) in [5.41, 5.74) is 2.93. The molecule has 2 aromatic carbocycles. The van der Waals surface area contributed by atoms with E-state index >= 15 is 0 Å². The van der Waals surface area contributed by atoms with Gasteiger partial charge in [-0.05, 0) is 54.3 Å². The van der Waals surface area contributed by atoms with Crippen molar-refractivity contribution in [3.63, 3.8) is 0 Å². The molecule has 1 fully saturated rings. The number of halogens is 1. The number of carbonyl (C=O) groups is 2. The molecule has 0 spiro atoms. The van der Waals surface area contributed by atoms with Gasteiger partial charge in [0.25, 0.3) is 0 Å². The monoisotopic (exact) mass is 353 g/mol. The summed E-state index contributed by atoms with van der Waals surface area (Å²) in [5, 5.41) is 2.79. The van der Waals surface area contributed by atoms with Gasteiger partial charge in [-0.25, -0.2) is 9.18 Å². The van der Waals surface area contributed by atoms with Crippen LogP contribution in [0.3, 0.4) is 0 Å². The quantitative estimate of drug-likeness (QED) is 0.918. The summed E-state index contributed by atoms with van der Waals surface area (Å²) >= 11 is 0. The standard InChI is InChI=1S/C20H20FN3O2/c21-16-6-7-18-15(12-16)13-24(20(26)22-18)17-5-3-4-14(10-17)11-19(25)23-8-1-2-9-23/h3-7,10,12H,1-2,8-9,11,13H2,(H,22,26). The van der Waals surface area contributed by atoms with Crippen LogP contribution in [0.15, 0.2) is 42.5 Å². The highest BCUT2D eigenvalue weighted by atomic mass is 19.1. The zero-order valence-electron chi connectivity index (χ0n) is 14.4. The lowest BCUT2D eigenvalue weighted by atomic mass is 10.1. The molecular weight excluding hydrogens is 333 g/mol. The van der Waals surface area contributed by atoms with Crippen LogP contribution >= 0.6 is 0 Å². The topological polar surface area (TPSA) is 52.7 Å². The van der Waals surface area contributed by atoms with Gasteiger partial charge in [-0.1, -0.05) is 12.1 Å². The summed E-state index contributed by atoms with van der Waals surface area (Å²) in [6.07, 6.45) is 2.46. The van der Waals surface area contributed by atoms with Crippen LogP contribution in [0.4, 0.5) is 20.6 Å². The van der Waals surface area contributed by atoms with Crippen LogP contribution in [-0.4, -0.2) is 29.9 Å². The van der Waals surface area contributed by atoms with Gasteiger partial charge in [0, 0.05) is 24.5 Å². The molecule has 2 aromatic rings. The highest BCUT2D eigenvalue weighted by Gasteiger charge is 2.25. The number of carbonyl (C=O) groups excluding carboxylic acids is 2. The minimum absolute atomic E-state index is 0.121. The summed E-state index contributed by atoms with van der Waals surface area (Å²) in [7, 11) is 0. The molecule has 0 radical (unpaired) electrons. The van der Waals surface area contributed by atoms with Gasteiger partial charge in [-0.15, -0.1) is 0 Å². The SMILES string of the molecule is O=C(Cc1cccc(N2Cc3cc(F)ccc3NC2=O)c1)N1CCCC1. The van der Waals surface area contributed by atoms with Gasteiger partial charge in [0.05, 0.1) is 13.0 Å². The summed E-state index contributed by atoms with van der Waals surface area (Å²) < 4.78 is 13.5. The fourth-order valence-electron chi connectivity index (χ4n) is 3.54. The number of nitrogens with zero attached hydrogens (tertiary/aromatic N) is 2. The number of urea groups is 1. The van der Waals surface area contributed by atoms with Crippen LogP contribution in [0, 0.1) is 5.82 Å². The Bertz CT molecular complexity index is 862. The number of benzene rings is 2. The number of hydrogen-bond donors (Lipinski definition) is 1. The lowest BCUT2D eigenvalue weighted by Crippen LogP contribution is -2.38. The van der Waals surface area contributed by atoms with Crippen molar-refractivity contribution in [1.82, 2.24) is 4.90 Å². The van der Waals surface area contributed by atoms with Gasteiger partial charge in [0.2, 0.25) is 5.91 Å². The summed E-state index contributed by atoms with van der Waals surface area (Å²) in [6.45, 7) is 1.95. The second-order valence-corrected chi connectivity index (χ2v) is 6.75. The highest BCUT2D eigenvalue weighted by Crippen LogP contribution is 2.28. The molecule has 0 aliphatic carbocycles. The predicted octanol–water partition coefficient (Wildman–Crippen LogP) is 3.54. The molecule has 1 saturated heterocycles. The zero-order chi connectivity index (χ0) is 18.1. The molecule has 0 bridgehead atoms. The molecule has 3 amide bonds. The maximum Gasteiger partial charge on any atom is 0.326 e. The first-order chi connectivity index (χ1) is 12.6. The van der Waals surface area contributed by atoms with E-state index in [0.29, 0.717) is 24.3 Å². The van der Waals surface area contributed by atoms with Crippen LogP contribution in [0.1, 0.15) is 24.0 Å². The van der Waals surface area contributed by atoms with Crippen LogP contribution in [0.2, 0.25) is 0 Å². The first-order valence-corrected chi connectivity index (χ1v) is 8.84. The molecule has 134 valence electrons. The number of rotatable bonds is 3. The molecule has 2 aliphatic rings. The van der Waals surface area contributed by atoms with Crippen molar-refractivity contribution in [2.24, 2.45) is 0 Å². The maximum absolute atomic E-state index is 13.5. The summed E-state index contributed by atoms with van der Waals surface area (Å²) in [4.78, 5) is 28.2. The molecule has 26 heavy (non-hydrogen) atoms. The Morgan fingerprint density at radius 3 is 2.73 bits per heavy atom. The van der Waals surface area contributed by atoms with Crippen molar-refractivity contribution in [3.05, 3.63) is 59.4 Å². The molecule has 0 unspecified atom stereocenters. The second kappa shape index (κ2) is 6.78. The number of hydrogen-bond acceptors (Lipinski definition) is 2. The average Bonchev–Trinajstić information content (AvgIpc) is 3.16. The van der Waals surface area contributed by atoms with Gasteiger partial charge < -0.3 is 10.2 Å². The number of likely N-dealkylation sites (tertiary alicyclic amines) is 1. The molecule has 2 heterocycles. The van der Waals surface area contributed by atoms with Crippen LogP contribution in [-0.2, 0) is 17.8 Å². The second-order valence-electron chi connectivity index (χ2n) is 6.75. The van der Waals surface area contributed by atoms with Gasteiger partial charge >= 0.3 is 6.03 Å². The number of anilines is 2. The first-order valence-electron chi connectivity index (χ1n) is 8.84. The Kier molecular flexibility index (Phi) is 4.32. The lowest BCUT2D eigenvalue weighted by molar-refractivity contribution is -0.129. The molecular formula is C20H20FN3O2. The lowest BCUT2D eigenvalue weighted by Gasteiger charge is -2.29. The zero-order valence-corrected chi connectivity index (χ0v) is 14.4. The molecule has 4 rings (SSSR count). The van der Waals surface area contributed by atoms with E-state index in [1.807, 2.05) is 29.2 Å². The normalized spacial score (nSPS) is 16.4. The molecule has 5 nitrogen and oxygen atoms in total. The fraction of sp³-hybridized carbons (Fsp3) is 0.300. The third-order valence-electron chi connectivity index (χ3n) is 4.92. The molecule has 0 aromatic heterocycles. The van der Waals surface area contributed by atoms with Crippen LogP contribution in [0.5, 0.6) is 0 Å². The van der Waals surface area contributed by atoms with E-state index < -0.39 is 0 Å². The smallest absolute Gasteiger partial charge is 0.326 e. The number of fused-ring (bicyclic) bond motifs is 1. The highest BCUT2D eigenvalue weighted by molar-refractivity contribution is 6.04. The minimum atomic E-state index is -0.329. The van der Waals surface area contributed by atoms with Crippen molar-refractivity contribution in [2.75, 3.05) is 23.3 Å². The molecule has 6 heteroatoms. The van der Waals surface area contributed by atoms with E-state index in [1.165, 1.54) is 12.1 Å². The Morgan fingerprint density at radius 1 is 1.12 bits per heavy atom. The van der Waals surface area contributed by atoms with Crippen LogP contribution < -0.4 is 10.2 Å². The van der Waals surface area contributed by atoms with Crippen LogP contribution in [0.25, 0.3) is 0 Å². The maximum atomic E-state index is 13.5. The van der Waals surface area contributed by atoms with Crippen molar-refractivity contribution >= 4 is 23.3 Å². The summed E-state index contributed by atoms with van der Waals surface area (Å²) in [6, 6.07) is 11.5. The largest absolute Gasteiger partial charge is 0.342 e. The van der Waals surface area contributed by atoms with Crippen molar-refractivity contribution in [1.29, 1.82) is 0 Å². The Hall–Kier alpha value is -2.89. The minimum Gasteiger partial charge on any atom is -0.342 e. The van der Waals surface area contributed by atoms with Gasteiger partial charge in [0.15, 0.2) is 0 Å². The van der Waals surface area contributed by atoms with E-state index in [9.17, 15) is 14.0 Å². The molecule has 0 saturated carbocycles. The Morgan fingerprint density at radius 2 is 1.92 bits per heavy atom. The van der Waals surface area contributed by atoms with Gasteiger partial charge in [-0.2, -0.15) is 0 Å². The third kappa shape index (κ3) is 3.27. The van der Waals surface area contributed by atoms with Crippen molar-refractivity contribution < 1.29 is 14.0 Å². The average molecular weight is 353 g/mol. The van der Waals surface area contributed by atoms with Crippen molar-refractivity contribution in [2.45, 2.75) is 25.8 Å². The predicted molar refractivity (Wildman–Crippen MR) is 97.6 cm³/mol.